The molecule has 2 aliphatic rings. The number of hydrogen-bond acceptors (Lipinski definition) is 3. The molecule has 0 unspecified atom stereocenters. The highest BCUT2D eigenvalue weighted by Gasteiger charge is 2.51. The minimum absolute atomic E-state index is 0.128. The van der Waals surface area contributed by atoms with E-state index in [1.807, 2.05) is 13.8 Å². The lowest BCUT2D eigenvalue weighted by atomic mass is 9.58. The molecular weight excluding hydrogens is 298 g/mol. The maximum Gasteiger partial charge on any atom is 0.269 e. The predicted octanol–water partition coefficient (Wildman–Crippen LogP) is 3.22. The highest BCUT2D eigenvalue weighted by molar-refractivity contribution is 6.30. The van der Waals surface area contributed by atoms with E-state index in [0.29, 0.717) is 22.0 Å². The second-order valence-electron chi connectivity index (χ2n) is 6.15. The van der Waals surface area contributed by atoms with Gasteiger partial charge in [0.25, 0.3) is 5.91 Å². The molecule has 1 saturated carbocycles. The molecule has 122 valence electrons. The van der Waals surface area contributed by atoms with Gasteiger partial charge in [0.05, 0.1) is 0 Å². The van der Waals surface area contributed by atoms with Gasteiger partial charge in [-0.25, -0.2) is 0 Å². The van der Waals surface area contributed by atoms with E-state index < -0.39 is 0 Å². The Kier molecular flexibility index (Phi) is 5.81. The number of hydrogen-bond donors (Lipinski definition) is 1. The van der Waals surface area contributed by atoms with E-state index in [4.69, 9.17) is 11.6 Å². The van der Waals surface area contributed by atoms with Gasteiger partial charge in [-0.3, -0.25) is 9.78 Å². The Morgan fingerprint density at radius 2 is 2.14 bits per heavy atom. The van der Waals surface area contributed by atoms with Gasteiger partial charge in [0.15, 0.2) is 0 Å². The Morgan fingerprint density at radius 3 is 2.73 bits per heavy atom. The molecule has 1 aliphatic heterocycles. The van der Waals surface area contributed by atoms with E-state index in [0.717, 1.165) is 13.1 Å². The lowest BCUT2D eigenvalue weighted by Gasteiger charge is -2.59. The Balaban J connectivity index is 0.000000847. The molecule has 5 heteroatoms. The van der Waals surface area contributed by atoms with Crippen LogP contribution < -0.4 is 5.32 Å². The van der Waals surface area contributed by atoms with Crippen LogP contribution in [0.4, 0.5) is 0 Å². The lowest BCUT2D eigenvalue weighted by molar-refractivity contribution is -0.0901. The molecule has 22 heavy (non-hydrogen) atoms. The molecule has 0 aromatic carbocycles. The summed E-state index contributed by atoms with van der Waals surface area (Å²) in [5.74, 6) is 0.495. The number of nitrogens with one attached hydrogen (secondary N) is 1. The largest absolute Gasteiger partial charge is 0.350 e. The molecule has 1 amide bonds. The molecule has 0 atom stereocenters. The van der Waals surface area contributed by atoms with Crippen LogP contribution in [0, 0.1) is 11.3 Å². The van der Waals surface area contributed by atoms with E-state index in [9.17, 15) is 4.79 Å². The number of likely N-dealkylation sites (tertiary alicyclic amines) is 1. The van der Waals surface area contributed by atoms with Crippen molar-refractivity contribution in [2.45, 2.75) is 33.6 Å². The second-order valence-corrected chi connectivity index (χ2v) is 6.58. The average Bonchev–Trinajstić information content (AvgIpc) is 2.46. The summed E-state index contributed by atoms with van der Waals surface area (Å²) in [6.07, 6.45) is 4.04. The van der Waals surface area contributed by atoms with Crippen LogP contribution in [0.1, 0.15) is 44.1 Å². The van der Waals surface area contributed by atoms with Gasteiger partial charge in [0.1, 0.15) is 5.69 Å². The van der Waals surface area contributed by atoms with Crippen LogP contribution in [0.25, 0.3) is 0 Å². The molecule has 0 radical (unpaired) electrons. The van der Waals surface area contributed by atoms with Crippen molar-refractivity contribution in [3.63, 3.8) is 0 Å². The monoisotopic (exact) mass is 323 g/mol. The lowest BCUT2D eigenvalue weighted by Crippen LogP contribution is -2.63. The van der Waals surface area contributed by atoms with Gasteiger partial charge in [-0.1, -0.05) is 32.4 Å². The molecule has 1 N–H and O–H groups in total. The van der Waals surface area contributed by atoms with E-state index >= 15 is 0 Å². The Hall–Kier alpha value is -1.13. The van der Waals surface area contributed by atoms with Crippen LogP contribution in [-0.4, -0.2) is 42.0 Å². The summed E-state index contributed by atoms with van der Waals surface area (Å²) in [5, 5.41) is 3.51. The van der Waals surface area contributed by atoms with Gasteiger partial charge < -0.3 is 10.2 Å². The van der Waals surface area contributed by atoms with Crippen molar-refractivity contribution in [1.82, 2.24) is 15.2 Å². The number of carbonyl (C=O) groups excluding carboxylic acids is 1. The first-order valence-corrected chi connectivity index (χ1v) is 8.60. The van der Waals surface area contributed by atoms with Gasteiger partial charge in [0.2, 0.25) is 0 Å². The van der Waals surface area contributed by atoms with Crippen LogP contribution in [0.3, 0.4) is 0 Å². The first-order valence-electron chi connectivity index (χ1n) is 8.22. The number of carbonyl (C=O) groups is 1. The van der Waals surface area contributed by atoms with Gasteiger partial charge in [-0.2, -0.15) is 0 Å². The second kappa shape index (κ2) is 7.42. The first-order chi connectivity index (χ1) is 10.6. The SMILES string of the molecule is CC.CCN1CC2(CC(CNC(=O)c3cc(Cl)ccn3)C2)C1. The van der Waals surface area contributed by atoms with Crippen molar-refractivity contribution in [3.8, 4) is 0 Å². The van der Waals surface area contributed by atoms with E-state index in [1.165, 1.54) is 25.9 Å². The number of halogens is 1. The first kappa shape index (κ1) is 17.2. The van der Waals surface area contributed by atoms with Crippen LogP contribution >= 0.6 is 11.6 Å². The van der Waals surface area contributed by atoms with Crippen molar-refractivity contribution in [2.24, 2.45) is 11.3 Å². The highest BCUT2D eigenvalue weighted by atomic mass is 35.5. The van der Waals surface area contributed by atoms with Crippen molar-refractivity contribution < 1.29 is 4.79 Å². The predicted molar refractivity (Wildman–Crippen MR) is 90.2 cm³/mol. The fourth-order valence-corrected chi connectivity index (χ4v) is 3.71. The molecule has 2 heterocycles. The van der Waals surface area contributed by atoms with Gasteiger partial charge in [-0.05, 0) is 42.9 Å². The number of rotatable bonds is 4. The summed E-state index contributed by atoms with van der Waals surface area (Å²) in [6, 6.07) is 3.27. The standard InChI is InChI=1S/C15H20ClN3O.C2H6/c1-2-19-9-15(10-19)6-11(7-15)8-18-14(20)13-5-12(16)3-4-17-13;1-2/h3-5,11H,2,6-10H2,1H3,(H,18,20);1-2H3. The molecule has 3 rings (SSSR count). The fraction of sp³-hybridized carbons (Fsp3) is 0.647. The molecule has 1 aromatic rings. The van der Waals surface area contributed by atoms with E-state index in [2.05, 4.69) is 22.1 Å². The summed E-state index contributed by atoms with van der Waals surface area (Å²) in [4.78, 5) is 18.5. The zero-order valence-corrected chi connectivity index (χ0v) is 14.5. The Labute approximate surface area is 138 Å². The molecule has 4 nitrogen and oxygen atoms in total. The maximum absolute atomic E-state index is 11.9. The van der Waals surface area contributed by atoms with E-state index in [1.54, 1.807) is 18.3 Å². The van der Waals surface area contributed by atoms with Crippen molar-refractivity contribution in [2.75, 3.05) is 26.2 Å². The molecular formula is C17H26ClN3O. The van der Waals surface area contributed by atoms with Crippen molar-refractivity contribution >= 4 is 17.5 Å². The minimum atomic E-state index is -0.128. The molecule has 0 bridgehead atoms. The smallest absolute Gasteiger partial charge is 0.269 e. The fourth-order valence-electron chi connectivity index (χ4n) is 3.55. The zero-order valence-electron chi connectivity index (χ0n) is 13.7. The zero-order chi connectivity index (χ0) is 16.2. The van der Waals surface area contributed by atoms with Gasteiger partial charge >= 0.3 is 0 Å². The Morgan fingerprint density at radius 1 is 1.45 bits per heavy atom. The Bertz CT molecular complexity index is 506. The molecule has 1 spiro atoms. The summed E-state index contributed by atoms with van der Waals surface area (Å²) >= 11 is 5.86. The number of amides is 1. The van der Waals surface area contributed by atoms with Crippen molar-refractivity contribution in [3.05, 3.63) is 29.0 Å². The maximum atomic E-state index is 11.9. The summed E-state index contributed by atoms with van der Waals surface area (Å²) < 4.78 is 0. The number of nitrogens with zero attached hydrogens (tertiary/aromatic N) is 2. The summed E-state index contributed by atoms with van der Waals surface area (Å²) in [5.41, 5.74) is 0.965. The topological polar surface area (TPSA) is 45.2 Å². The van der Waals surface area contributed by atoms with E-state index in [-0.39, 0.29) is 5.91 Å². The normalized spacial score (nSPS) is 19.6. The highest BCUT2D eigenvalue weighted by Crippen LogP contribution is 2.51. The van der Waals surface area contributed by atoms with Crippen LogP contribution in [0.5, 0.6) is 0 Å². The van der Waals surface area contributed by atoms with Crippen LogP contribution in [0.2, 0.25) is 5.02 Å². The molecule has 1 aromatic heterocycles. The third kappa shape index (κ3) is 3.79. The van der Waals surface area contributed by atoms with Crippen molar-refractivity contribution in [1.29, 1.82) is 0 Å². The summed E-state index contributed by atoms with van der Waals surface area (Å²) in [7, 11) is 0. The van der Waals surface area contributed by atoms with Crippen LogP contribution in [0.15, 0.2) is 18.3 Å². The number of aromatic nitrogens is 1. The summed E-state index contributed by atoms with van der Waals surface area (Å²) in [6.45, 7) is 10.6. The molecule has 1 saturated heterocycles. The molecule has 1 aliphatic carbocycles. The average molecular weight is 324 g/mol. The molecule has 2 fully saturated rings. The van der Waals surface area contributed by atoms with Gasteiger partial charge in [-0.15, -0.1) is 0 Å². The number of pyridine rings is 1. The third-order valence-electron chi connectivity index (χ3n) is 4.51. The van der Waals surface area contributed by atoms with Gasteiger partial charge in [0, 0.05) is 30.9 Å². The third-order valence-corrected chi connectivity index (χ3v) is 4.75. The minimum Gasteiger partial charge on any atom is -0.350 e. The quantitative estimate of drug-likeness (QED) is 0.925. The van der Waals surface area contributed by atoms with Crippen LogP contribution in [-0.2, 0) is 0 Å².